The number of rotatable bonds is 6. The van der Waals surface area contributed by atoms with Gasteiger partial charge in [-0.2, -0.15) is 0 Å². The van der Waals surface area contributed by atoms with Crippen LogP contribution in [0.4, 0.5) is 0 Å². The Hall–Kier alpha value is -2.53. The number of ether oxygens (including phenoxy) is 3. The molecule has 0 bridgehead atoms. The molecule has 154 valence electrons. The van der Waals surface area contributed by atoms with Crippen molar-refractivity contribution in [2.24, 2.45) is 0 Å². The summed E-state index contributed by atoms with van der Waals surface area (Å²) in [5, 5.41) is 0. The second kappa shape index (κ2) is 8.87. The SMILES string of the molecule is COc1cc2c(cc1OC)C(c1ccccc1)N(C(=O)CCC1CCCO1)CC2. The van der Waals surface area contributed by atoms with Crippen LogP contribution in [-0.2, 0) is 16.0 Å². The zero-order valence-corrected chi connectivity index (χ0v) is 17.2. The molecular weight excluding hydrogens is 366 g/mol. The van der Waals surface area contributed by atoms with Gasteiger partial charge in [0.05, 0.1) is 26.4 Å². The quantitative estimate of drug-likeness (QED) is 0.738. The highest BCUT2D eigenvalue weighted by Gasteiger charge is 2.33. The van der Waals surface area contributed by atoms with Gasteiger partial charge in [0.15, 0.2) is 11.5 Å². The van der Waals surface area contributed by atoms with Crippen molar-refractivity contribution in [2.75, 3.05) is 27.4 Å². The predicted octanol–water partition coefficient (Wildman–Crippen LogP) is 4.14. The van der Waals surface area contributed by atoms with E-state index < -0.39 is 0 Å². The lowest BCUT2D eigenvalue weighted by molar-refractivity contribution is -0.134. The molecular formula is C24H29NO4. The molecule has 1 amide bonds. The fraction of sp³-hybridized carbons (Fsp3) is 0.458. The molecule has 2 unspecified atom stereocenters. The molecule has 2 aromatic rings. The number of carbonyl (C=O) groups is 1. The van der Waals surface area contributed by atoms with E-state index >= 15 is 0 Å². The van der Waals surface area contributed by atoms with Crippen molar-refractivity contribution in [1.82, 2.24) is 4.90 Å². The minimum Gasteiger partial charge on any atom is -0.493 e. The third kappa shape index (κ3) is 4.10. The number of carbonyl (C=O) groups excluding carboxylic acids is 1. The van der Waals surface area contributed by atoms with Crippen LogP contribution >= 0.6 is 0 Å². The average Bonchev–Trinajstić information content (AvgIpc) is 3.30. The van der Waals surface area contributed by atoms with Gasteiger partial charge in [-0.1, -0.05) is 30.3 Å². The minimum absolute atomic E-state index is 0.114. The smallest absolute Gasteiger partial charge is 0.223 e. The van der Waals surface area contributed by atoms with Crippen molar-refractivity contribution < 1.29 is 19.0 Å². The van der Waals surface area contributed by atoms with E-state index in [1.807, 2.05) is 29.2 Å². The van der Waals surface area contributed by atoms with E-state index in [4.69, 9.17) is 14.2 Å². The summed E-state index contributed by atoms with van der Waals surface area (Å²) in [6.07, 6.45) is 4.53. The fourth-order valence-corrected chi connectivity index (χ4v) is 4.51. The van der Waals surface area contributed by atoms with E-state index in [0.717, 1.165) is 49.2 Å². The molecule has 5 heteroatoms. The van der Waals surface area contributed by atoms with E-state index in [1.165, 1.54) is 5.56 Å². The second-order valence-electron chi connectivity index (χ2n) is 7.73. The monoisotopic (exact) mass is 395 g/mol. The normalized spacial score (nSPS) is 21.0. The van der Waals surface area contributed by atoms with Crippen LogP contribution in [0.5, 0.6) is 11.5 Å². The van der Waals surface area contributed by atoms with E-state index in [9.17, 15) is 4.79 Å². The molecule has 1 saturated heterocycles. The van der Waals surface area contributed by atoms with Gasteiger partial charge in [0.25, 0.3) is 0 Å². The number of benzene rings is 2. The van der Waals surface area contributed by atoms with Crippen LogP contribution in [0.25, 0.3) is 0 Å². The van der Waals surface area contributed by atoms with Gasteiger partial charge < -0.3 is 19.1 Å². The van der Waals surface area contributed by atoms with E-state index in [0.29, 0.717) is 18.7 Å². The van der Waals surface area contributed by atoms with Gasteiger partial charge >= 0.3 is 0 Å². The summed E-state index contributed by atoms with van der Waals surface area (Å²) in [5.41, 5.74) is 3.44. The summed E-state index contributed by atoms with van der Waals surface area (Å²) in [6.45, 7) is 1.52. The molecule has 0 saturated carbocycles. The highest BCUT2D eigenvalue weighted by Crippen LogP contribution is 2.41. The van der Waals surface area contributed by atoms with Crippen LogP contribution in [0.1, 0.15) is 48.4 Å². The summed E-state index contributed by atoms with van der Waals surface area (Å²) in [6, 6.07) is 14.2. The highest BCUT2D eigenvalue weighted by molar-refractivity contribution is 5.78. The molecule has 0 aliphatic carbocycles. The number of nitrogens with zero attached hydrogens (tertiary/aromatic N) is 1. The van der Waals surface area contributed by atoms with Crippen molar-refractivity contribution in [1.29, 1.82) is 0 Å². The molecule has 1 fully saturated rings. The summed E-state index contributed by atoms with van der Waals surface area (Å²) in [5.74, 6) is 1.62. The minimum atomic E-state index is -0.114. The van der Waals surface area contributed by atoms with Crippen LogP contribution in [0.15, 0.2) is 42.5 Å². The Bertz CT molecular complexity index is 845. The van der Waals surface area contributed by atoms with Crippen LogP contribution < -0.4 is 9.47 Å². The van der Waals surface area contributed by atoms with Crippen molar-refractivity contribution in [3.05, 3.63) is 59.2 Å². The van der Waals surface area contributed by atoms with Gasteiger partial charge in [0.2, 0.25) is 5.91 Å². The number of methoxy groups -OCH3 is 2. The van der Waals surface area contributed by atoms with Crippen LogP contribution in [0, 0.1) is 0 Å². The Morgan fingerprint density at radius 3 is 2.59 bits per heavy atom. The van der Waals surface area contributed by atoms with E-state index in [-0.39, 0.29) is 18.1 Å². The van der Waals surface area contributed by atoms with E-state index in [2.05, 4.69) is 18.2 Å². The Labute approximate surface area is 172 Å². The number of hydrogen-bond acceptors (Lipinski definition) is 4. The summed E-state index contributed by atoms with van der Waals surface area (Å²) in [7, 11) is 3.30. The van der Waals surface area contributed by atoms with Crippen molar-refractivity contribution in [2.45, 2.75) is 44.2 Å². The molecule has 5 nitrogen and oxygen atoms in total. The maximum atomic E-state index is 13.2. The van der Waals surface area contributed by atoms with Crippen LogP contribution in [-0.4, -0.2) is 44.3 Å². The lowest BCUT2D eigenvalue weighted by Gasteiger charge is -2.38. The first-order valence-corrected chi connectivity index (χ1v) is 10.4. The Balaban J connectivity index is 1.66. The number of hydrogen-bond donors (Lipinski definition) is 0. The molecule has 2 aromatic carbocycles. The molecule has 0 radical (unpaired) electrons. The van der Waals surface area contributed by atoms with Gasteiger partial charge in [-0.25, -0.2) is 0 Å². The molecule has 2 aliphatic rings. The molecule has 2 atom stereocenters. The molecule has 0 spiro atoms. The Morgan fingerprint density at radius 1 is 1.14 bits per heavy atom. The van der Waals surface area contributed by atoms with Crippen LogP contribution in [0.2, 0.25) is 0 Å². The molecule has 4 rings (SSSR count). The molecule has 0 N–H and O–H groups in total. The van der Waals surface area contributed by atoms with E-state index in [1.54, 1.807) is 14.2 Å². The zero-order chi connectivity index (χ0) is 20.2. The first-order chi connectivity index (χ1) is 14.2. The van der Waals surface area contributed by atoms with Crippen molar-refractivity contribution >= 4 is 5.91 Å². The highest BCUT2D eigenvalue weighted by atomic mass is 16.5. The van der Waals surface area contributed by atoms with Crippen molar-refractivity contribution in [3.8, 4) is 11.5 Å². The average molecular weight is 395 g/mol. The number of fused-ring (bicyclic) bond motifs is 1. The maximum absolute atomic E-state index is 13.2. The van der Waals surface area contributed by atoms with Crippen LogP contribution in [0.3, 0.4) is 0 Å². The Morgan fingerprint density at radius 2 is 1.90 bits per heavy atom. The van der Waals surface area contributed by atoms with Gasteiger partial charge in [0, 0.05) is 19.6 Å². The van der Waals surface area contributed by atoms with Crippen molar-refractivity contribution in [3.63, 3.8) is 0 Å². The molecule has 2 aliphatic heterocycles. The fourth-order valence-electron chi connectivity index (χ4n) is 4.51. The standard InChI is InChI=1S/C24H29NO4/c1-27-21-15-18-12-13-25(23(26)11-10-19-9-6-14-29-19)24(17-7-4-3-5-8-17)20(18)16-22(21)28-2/h3-5,7-8,15-16,19,24H,6,9-14H2,1-2H3. The van der Waals surface area contributed by atoms with Gasteiger partial charge in [-0.3, -0.25) is 4.79 Å². The number of amides is 1. The molecule has 2 heterocycles. The Kier molecular flexibility index (Phi) is 6.05. The van der Waals surface area contributed by atoms with Gasteiger partial charge in [-0.05, 0) is 54.5 Å². The third-order valence-electron chi connectivity index (χ3n) is 6.01. The summed E-state index contributed by atoms with van der Waals surface area (Å²) < 4.78 is 16.8. The van der Waals surface area contributed by atoms with Gasteiger partial charge in [-0.15, -0.1) is 0 Å². The predicted molar refractivity (Wildman–Crippen MR) is 111 cm³/mol. The first-order valence-electron chi connectivity index (χ1n) is 10.4. The molecule has 29 heavy (non-hydrogen) atoms. The molecule has 0 aromatic heterocycles. The topological polar surface area (TPSA) is 48.0 Å². The third-order valence-corrected chi connectivity index (χ3v) is 6.01. The first kappa shape index (κ1) is 19.8. The largest absolute Gasteiger partial charge is 0.493 e. The lowest BCUT2D eigenvalue weighted by atomic mass is 9.87. The summed E-state index contributed by atoms with van der Waals surface area (Å²) >= 11 is 0. The summed E-state index contributed by atoms with van der Waals surface area (Å²) in [4.78, 5) is 15.3. The van der Waals surface area contributed by atoms with Gasteiger partial charge in [0.1, 0.15) is 0 Å². The second-order valence-corrected chi connectivity index (χ2v) is 7.73. The lowest BCUT2D eigenvalue weighted by Crippen LogP contribution is -2.40. The zero-order valence-electron chi connectivity index (χ0n) is 17.2. The maximum Gasteiger partial charge on any atom is 0.223 e.